The summed E-state index contributed by atoms with van der Waals surface area (Å²) in [4.78, 5) is 8.56. The first-order valence-corrected chi connectivity index (χ1v) is 10.3. The van der Waals surface area contributed by atoms with Crippen molar-refractivity contribution in [2.75, 3.05) is 5.73 Å². The number of anilines is 1. The minimum atomic E-state index is -3.09. The van der Waals surface area contributed by atoms with Crippen LogP contribution >= 0.6 is 0 Å². The number of rotatable bonds is 5. The van der Waals surface area contributed by atoms with Crippen LogP contribution < -0.4 is 16.2 Å². The van der Waals surface area contributed by atoms with E-state index in [1.165, 1.54) is 0 Å². The summed E-state index contributed by atoms with van der Waals surface area (Å²) in [5.74, 6) is 0.831. The van der Waals surface area contributed by atoms with Crippen molar-refractivity contribution in [1.29, 1.82) is 0 Å². The molecule has 8 heteroatoms. The monoisotopic (exact) mass is 378 g/mol. The summed E-state index contributed by atoms with van der Waals surface area (Å²) in [5.41, 5.74) is 12.3. The van der Waals surface area contributed by atoms with Crippen LogP contribution in [-0.4, -0.2) is 35.0 Å². The maximum Gasteiger partial charge on any atom is 0.223 e. The maximum atomic E-state index is 12.2. The van der Waals surface area contributed by atoms with Gasteiger partial charge in [0.05, 0.1) is 15.9 Å². The standard InChI is InChI=1S/C18H26N4O3S/c1-10(2)26(23,24)12-5-11(6-12)25-17-14-8-21-16(19)7-13(14)15(9-22-17)18(3,4)20/h7-12H,5-6,20H2,1-4H3,(H2,19,21)/t11-,12+. The first kappa shape index (κ1) is 18.8. The fourth-order valence-electron chi connectivity index (χ4n) is 3.16. The summed E-state index contributed by atoms with van der Waals surface area (Å²) in [7, 11) is -3.09. The van der Waals surface area contributed by atoms with Gasteiger partial charge in [-0.1, -0.05) is 0 Å². The van der Waals surface area contributed by atoms with Crippen LogP contribution in [0.25, 0.3) is 10.8 Å². The average Bonchev–Trinajstić information content (AvgIpc) is 2.48. The van der Waals surface area contributed by atoms with Gasteiger partial charge in [0.2, 0.25) is 5.88 Å². The number of hydrogen-bond donors (Lipinski definition) is 2. The van der Waals surface area contributed by atoms with Crippen molar-refractivity contribution in [1.82, 2.24) is 9.97 Å². The number of nitrogens with two attached hydrogens (primary N) is 2. The van der Waals surface area contributed by atoms with Gasteiger partial charge in [0.25, 0.3) is 0 Å². The largest absolute Gasteiger partial charge is 0.474 e. The molecule has 0 amide bonds. The second-order valence-corrected chi connectivity index (χ2v) is 10.6. The Balaban J connectivity index is 1.87. The zero-order chi connectivity index (χ0) is 19.3. The molecule has 1 aliphatic rings. The molecule has 0 aromatic carbocycles. The number of nitrogen functional groups attached to an aromatic ring is 1. The maximum absolute atomic E-state index is 12.2. The summed E-state index contributed by atoms with van der Waals surface area (Å²) < 4.78 is 30.4. The Morgan fingerprint density at radius 1 is 1.19 bits per heavy atom. The minimum Gasteiger partial charge on any atom is -0.474 e. The predicted molar refractivity (Wildman–Crippen MR) is 103 cm³/mol. The second kappa shape index (κ2) is 6.35. The van der Waals surface area contributed by atoms with Gasteiger partial charge in [-0.15, -0.1) is 0 Å². The lowest BCUT2D eigenvalue weighted by molar-refractivity contribution is 0.119. The molecule has 0 atom stereocenters. The van der Waals surface area contributed by atoms with Gasteiger partial charge in [-0.25, -0.2) is 18.4 Å². The van der Waals surface area contributed by atoms with E-state index >= 15 is 0 Å². The van der Waals surface area contributed by atoms with Crippen molar-refractivity contribution in [3.63, 3.8) is 0 Å². The molecule has 2 aromatic rings. The highest BCUT2D eigenvalue weighted by Gasteiger charge is 2.41. The molecule has 2 aromatic heterocycles. The first-order valence-electron chi connectivity index (χ1n) is 8.73. The van der Waals surface area contributed by atoms with E-state index in [9.17, 15) is 8.42 Å². The van der Waals surface area contributed by atoms with Gasteiger partial charge < -0.3 is 16.2 Å². The molecule has 2 heterocycles. The van der Waals surface area contributed by atoms with E-state index < -0.39 is 15.4 Å². The molecule has 0 spiro atoms. The van der Waals surface area contributed by atoms with E-state index in [1.807, 2.05) is 13.8 Å². The highest BCUT2D eigenvalue weighted by molar-refractivity contribution is 7.92. The molecule has 0 aliphatic heterocycles. The van der Waals surface area contributed by atoms with Crippen LogP contribution in [-0.2, 0) is 15.4 Å². The Hall–Kier alpha value is -1.93. The number of ether oxygens (including phenoxy) is 1. The van der Waals surface area contributed by atoms with Gasteiger partial charge in [0.1, 0.15) is 11.9 Å². The quantitative estimate of drug-likeness (QED) is 0.817. The molecule has 0 radical (unpaired) electrons. The third kappa shape index (κ3) is 3.35. The van der Waals surface area contributed by atoms with Gasteiger partial charge >= 0.3 is 0 Å². The Morgan fingerprint density at radius 3 is 2.42 bits per heavy atom. The molecule has 0 unspecified atom stereocenters. The summed E-state index contributed by atoms with van der Waals surface area (Å²) in [6, 6.07) is 1.76. The Kier molecular flexibility index (Phi) is 4.60. The summed E-state index contributed by atoms with van der Waals surface area (Å²) >= 11 is 0. The molecule has 1 fully saturated rings. The summed E-state index contributed by atoms with van der Waals surface area (Å²) in [6.45, 7) is 7.21. The molecule has 26 heavy (non-hydrogen) atoms. The van der Waals surface area contributed by atoms with E-state index in [1.54, 1.807) is 32.3 Å². The topological polar surface area (TPSA) is 121 Å². The van der Waals surface area contributed by atoms with Crippen LogP contribution in [0.5, 0.6) is 5.88 Å². The minimum absolute atomic E-state index is 0.168. The molecule has 3 rings (SSSR count). The first-order chi connectivity index (χ1) is 12.0. The van der Waals surface area contributed by atoms with Crippen LogP contribution in [0, 0.1) is 0 Å². The van der Waals surface area contributed by atoms with Crippen LogP contribution in [0.15, 0.2) is 18.5 Å². The fraction of sp³-hybridized carbons (Fsp3) is 0.556. The van der Waals surface area contributed by atoms with Gasteiger partial charge in [-0.3, -0.25) is 0 Å². The lowest BCUT2D eigenvalue weighted by Gasteiger charge is -2.35. The lowest BCUT2D eigenvalue weighted by Crippen LogP contribution is -2.45. The summed E-state index contributed by atoms with van der Waals surface area (Å²) in [5, 5.41) is 0.867. The van der Waals surface area contributed by atoms with E-state index in [-0.39, 0.29) is 16.6 Å². The number of nitrogens with zero attached hydrogens (tertiary/aromatic N) is 2. The number of fused-ring (bicyclic) bond motifs is 1. The number of aromatic nitrogens is 2. The zero-order valence-electron chi connectivity index (χ0n) is 15.6. The van der Waals surface area contributed by atoms with Crippen LogP contribution in [0.1, 0.15) is 46.1 Å². The van der Waals surface area contributed by atoms with Crippen molar-refractivity contribution in [3.05, 3.63) is 24.0 Å². The molecule has 7 nitrogen and oxygen atoms in total. The smallest absolute Gasteiger partial charge is 0.223 e. The molecular formula is C18H26N4O3S. The molecule has 0 bridgehead atoms. The molecule has 142 valence electrons. The average molecular weight is 378 g/mol. The molecule has 1 aliphatic carbocycles. The molecule has 4 N–H and O–H groups in total. The third-order valence-electron chi connectivity index (χ3n) is 4.90. The Labute approximate surface area is 154 Å². The zero-order valence-corrected chi connectivity index (χ0v) is 16.4. The molecular weight excluding hydrogens is 352 g/mol. The van der Waals surface area contributed by atoms with Gasteiger partial charge in [-0.2, -0.15) is 0 Å². The van der Waals surface area contributed by atoms with Crippen LogP contribution in [0.2, 0.25) is 0 Å². The van der Waals surface area contributed by atoms with Crippen LogP contribution in [0.3, 0.4) is 0 Å². The second-order valence-electron chi connectivity index (χ2n) is 7.82. The summed E-state index contributed by atoms with van der Waals surface area (Å²) in [6.07, 6.45) is 4.12. The number of sulfone groups is 1. The van der Waals surface area contributed by atoms with Crippen molar-refractivity contribution in [2.24, 2.45) is 5.73 Å². The van der Waals surface area contributed by atoms with Crippen molar-refractivity contribution in [2.45, 2.75) is 62.7 Å². The van der Waals surface area contributed by atoms with Crippen molar-refractivity contribution < 1.29 is 13.2 Å². The van der Waals surface area contributed by atoms with Crippen molar-refractivity contribution in [3.8, 4) is 5.88 Å². The van der Waals surface area contributed by atoms with Gasteiger partial charge in [0, 0.05) is 30.8 Å². The number of pyridine rings is 2. The van der Waals surface area contributed by atoms with Gasteiger partial charge in [0.15, 0.2) is 9.84 Å². The van der Waals surface area contributed by atoms with E-state index in [4.69, 9.17) is 16.2 Å². The molecule has 0 saturated heterocycles. The van der Waals surface area contributed by atoms with Gasteiger partial charge in [-0.05, 0) is 44.7 Å². The number of hydrogen-bond acceptors (Lipinski definition) is 7. The SMILES string of the molecule is CC(C)S(=O)(=O)[C@H]1C[C@@H](Oc2ncc(C(C)(C)N)c3cc(N)ncc23)C1. The Bertz CT molecular complexity index is 929. The van der Waals surface area contributed by atoms with E-state index in [0.29, 0.717) is 24.5 Å². The van der Waals surface area contributed by atoms with Crippen LogP contribution in [0.4, 0.5) is 5.82 Å². The van der Waals surface area contributed by atoms with Crippen molar-refractivity contribution >= 4 is 26.4 Å². The lowest BCUT2D eigenvalue weighted by atomic mass is 9.92. The predicted octanol–water partition coefficient (Wildman–Crippen LogP) is 2.14. The molecule has 1 saturated carbocycles. The Morgan fingerprint density at radius 2 is 1.85 bits per heavy atom. The van der Waals surface area contributed by atoms with E-state index in [0.717, 1.165) is 16.3 Å². The third-order valence-corrected chi connectivity index (χ3v) is 7.53. The highest BCUT2D eigenvalue weighted by atomic mass is 32.2. The normalized spacial score (nSPS) is 21.0. The highest BCUT2D eigenvalue weighted by Crippen LogP contribution is 2.36. The fourth-order valence-corrected chi connectivity index (χ4v) is 4.89. The van der Waals surface area contributed by atoms with E-state index in [2.05, 4.69) is 9.97 Å².